The molecular weight excluding hydrogens is 559 g/mol. The largest absolute Gasteiger partial charge is 0.478 e. The van der Waals surface area contributed by atoms with Gasteiger partial charge >= 0.3 is 12.1 Å². The lowest BCUT2D eigenvalue weighted by molar-refractivity contribution is -0.119. The lowest BCUT2D eigenvalue weighted by Gasteiger charge is -2.18. The van der Waals surface area contributed by atoms with Crippen LogP contribution in [0, 0.1) is 9.49 Å². The van der Waals surface area contributed by atoms with Gasteiger partial charge in [-0.2, -0.15) is 0 Å². The van der Waals surface area contributed by atoms with Crippen LogP contribution in [0.25, 0.3) is 11.1 Å². The number of alkyl carbamates (subject to hydrolysis) is 1. The van der Waals surface area contributed by atoms with Crippen molar-refractivity contribution in [1.29, 1.82) is 0 Å². The van der Waals surface area contributed by atoms with Crippen LogP contribution in [-0.4, -0.2) is 36.2 Å². The second-order valence-corrected chi connectivity index (χ2v) is 9.46. The lowest BCUT2D eigenvalue weighted by atomic mass is 9.98. The Bertz CT molecular complexity index is 1230. The quantitative estimate of drug-likeness (QED) is 0.304. The molecule has 3 aromatic carbocycles. The molecule has 1 unspecified atom stereocenters. The first kappa shape index (κ1) is 24.7. The van der Waals surface area contributed by atoms with E-state index in [1.54, 1.807) is 6.07 Å². The standard InChI is InChI=1S/C27H25IN2O5/c1-2-16(25(31)30-24-13-17(26(32)33)11-12-23(24)28)14-29-27(34)35-15-22-20-9-5-3-7-18(20)19-8-4-6-10-21(19)22/h3-13,16,22H,2,14-15H2,1H3,(H,29,34)(H,30,31)(H,32,33). The first-order chi connectivity index (χ1) is 16.9. The first-order valence-corrected chi connectivity index (χ1v) is 12.4. The first-order valence-electron chi connectivity index (χ1n) is 11.3. The second kappa shape index (κ2) is 10.9. The van der Waals surface area contributed by atoms with E-state index in [1.165, 1.54) is 12.1 Å². The number of fused-ring (bicyclic) bond motifs is 3. The maximum atomic E-state index is 12.8. The zero-order valence-electron chi connectivity index (χ0n) is 19.1. The van der Waals surface area contributed by atoms with Crippen LogP contribution < -0.4 is 10.6 Å². The molecule has 0 bridgehead atoms. The van der Waals surface area contributed by atoms with Crippen molar-refractivity contribution in [2.45, 2.75) is 19.3 Å². The highest BCUT2D eigenvalue weighted by Gasteiger charge is 2.29. The molecule has 3 aromatic rings. The number of hydrogen-bond acceptors (Lipinski definition) is 4. The predicted molar refractivity (Wildman–Crippen MR) is 142 cm³/mol. The van der Waals surface area contributed by atoms with Crippen molar-refractivity contribution in [3.63, 3.8) is 0 Å². The van der Waals surface area contributed by atoms with Crippen LogP contribution in [0.5, 0.6) is 0 Å². The summed E-state index contributed by atoms with van der Waals surface area (Å²) in [6.45, 7) is 2.15. The van der Waals surface area contributed by atoms with E-state index in [0.29, 0.717) is 12.1 Å². The Balaban J connectivity index is 1.34. The molecular formula is C27H25IN2O5. The van der Waals surface area contributed by atoms with Gasteiger partial charge in [0, 0.05) is 16.0 Å². The summed E-state index contributed by atoms with van der Waals surface area (Å²) in [5.74, 6) is -1.91. The third-order valence-corrected chi connectivity index (χ3v) is 7.11. The molecule has 1 atom stereocenters. The van der Waals surface area contributed by atoms with E-state index in [-0.39, 0.29) is 30.5 Å². The Labute approximate surface area is 217 Å². The molecule has 0 aromatic heterocycles. The zero-order valence-corrected chi connectivity index (χ0v) is 21.2. The molecule has 1 aliphatic rings. The van der Waals surface area contributed by atoms with Gasteiger partial charge in [0.1, 0.15) is 6.61 Å². The molecule has 0 heterocycles. The van der Waals surface area contributed by atoms with E-state index in [2.05, 4.69) is 34.9 Å². The van der Waals surface area contributed by atoms with E-state index < -0.39 is 18.0 Å². The molecule has 0 saturated heterocycles. The number of carbonyl (C=O) groups excluding carboxylic acids is 2. The highest BCUT2D eigenvalue weighted by Crippen LogP contribution is 2.44. The number of nitrogens with one attached hydrogen (secondary N) is 2. The molecule has 2 amide bonds. The number of carboxylic acid groups (broad SMARTS) is 1. The van der Waals surface area contributed by atoms with Gasteiger partial charge in [-0.1, -0.05) is 55.5 Å². The van der Waals surface area contributed by atoms with Crippen LogP contribution in [0.1, 0.15) is 40.7 Å². The van der Waals surface area contributed by atoms with Crippen LogP contribution >= 0.6 is 22.6 Å². The molecule has 0 aliphatic heterocycles. The summed E-state index contributed by atoms with van der Waals surface area (Å²) >= 11 is 2.03. The van der Waals surface area contributed by atoms with Gasteiger partial charge in [-0.05, 0) is 69.5 Å². The average Bonchev–Trinajstić information content (AvgIpc) is 3.18. The van der Waals surface area contributed by atoms with Crippen LogP contribution in [0.15, 0.2) is 66.7 Å². The maximum absolute atomic E-state index is 12.8. The summed E-state index contributed by atoms with van der Waals surface area (Å²) in [6, 6.07) is 20.8. The van der Waals surface area contributed by atoms with Crippen molar-refractivity contribution in [1.82, 2.24) is 5.32 Å². The molecule has 3 N–H and O–H groups in total. The number of ether oxygens (including phenoxy) is 1. The van der Waals surface area contributed by atoms with Crippen LogP contribution in [-0.2, 0) is 9.53 Å². The summed E-state index contributed by atoms with van der Waals surface area (Å²) in [5, 5.41) is 14.7. The van der Waals surface area contributed by atoms with E-state index in [4.69, 9.17) is 4.74 Å². The van der Waals surface area contributed by atoms with Crippen LogP contribution in [0.3, 0.4) is 0 Å². The molecule has 0 saturated carbocycles. The second-order valence-electron chi connectivity index (χ2n) is 8.30. The molecule has 7 nitrogen and oxygen atoms in total. The average molecular weight is 584 g/mol. The van der Waals surface area contributed by atoms with E-state index in [9.17, 15) is 19.5 Å². The summed E-state index contributed by atoms with van der Waals surface area (Å²) in [4.78, 5) is 36.5. The number of anilines is 1. The van der Waals surface area contributed by atoms with E-state index in [0.717, 1.165) is 25.8 Å². The summed E-state index contributed by atoms with van der Waals surface area (Å²) < 4.78 is 6.27. The highest BCUT2D eigenvalue weighted by atomic mass is 127. The fourth-order valence-electron chi connectivity index (χ4n) is 4.27. The molecule has 4 rings (SSSR count). The van der Waals surface area contributed by atoms with Crippen molar-refractivity contribution < 1.29 is 24.2 Å². The molecule has 8 heteroatoms. The van der Waals surface area contributed by atoms with Crippen molar-refractivity contribution in [3.05, 3.63) is 87.0 Å². The fraction of sp³-hybridized carbons (Fsp3) is 0.222. The van der Waals surface area contributed by atoms with Gasteiger partial charge in [0.05, 0.1) is 17.2 Å². The minimum absolute atomic E-state index is 0.0398. The SMILES string of the molecule is CCC(CNC(=O)OCC1c2ccccc2-c2ccccc21)C(=O)Nc1cc(C(=O)O)ccc1I. The summed E-state index contributed by atoms with van der Waals surface area (Å²) in [5.41, 5.74) is 5.08. The van der Waals surface area contributed by atoms with Crippen molar-refractivity contribution in [3.8, 4) is 11.1 Å². The minimum atomic E-state index is -1.07. The third-order valence-electron chi connectivity index (χ3n) is 6.17. The zero-order chi connectivity index (χ0) is 24.9. The van der Waals surface area contributed by atoms with Gasteiger partial charge in [0.2, 0.25) is 5.91 Å². The topological polar surface area (TPSA) is 105 Å². The summed E-state index contributed by atoms with van der Waals surface area (Å²) in [6.07, 6.45) is -0.0920. The number of carbonyl (C=O) groups is 3. The van der Waals surface area contributed by atoms with Crippen LogP contribution in [0.2, 0.25) is 0 Å². The van der Waals surface area contributed by atoms with Gasteiger partial charge in [-0.25, -0.2) is 9.59 Å². The smallest absolute Gasteiger partial charge is 0.407 e. The Hall–Kier alpha value is -3.40. The van der Waals surface area contributed by atoms with Gasteiger partial charge < -0.3 is 20.5 Å². The molecule has 0 fully saturated rings. The number of carboxylic acids is 1. The molecule has 35 heavy (non-hydrogen) atoms. The normalized spacial score (nSPS) is 12.9. The van der Waals surface area contributed by atoms with Crippen molar-refractivity contribution >= 4 is 46.2 Å². The Kier molecular flexibility index (Phi) is 7.70. The molecule has 0 radical (unpaired) electrons. The lowest BCUT2D eigenvalue weighted by Crippen LogP contribution is -2.36. The van der Waals surface area contributed by atoms with E-state index in [1.807, 2.05) is 53.8 Å². The Morgan fingerprint density at radius 2 is 1.63 bits per heavy atom. The molecule has 180 valence electrons. The number of aromatic carboxylic acids is 1. The molecule has 0 spiro atoms. The number of amides is 2. The minimum Gasteiger partial charge on any atom is -0.478 e. The van der Waals surface area contributed by atoms with Crippen molar-refractivity contribution in [2.75, 3.05) is 18.5 Å². The summed E-state index contributed by atoms with van der Waals surface area (Å²) in [7, 11) is 0. The number of rotatable bonds is 8. The van der Waals surface area contributed by atoms with E-state index >= 15 is 0 Å². The number of hydrogen-bond donors (Lipinski definition) is 3. The highest BCUT2D eigenvalue weighted by molar-refractivity contribution is 14.1. The van der Waals surface area contributed by atoms with Gasteiger partial charge in [-0.3, -0.25) is 4.79 Å². The monoisotopic (exact) mass is 584 g/mol. The Morgan fingerprint density at radius 1 is 1.00 bits per heavy atom. The van der Waals surface area contributed by atoms with Gasteiger partial charge in [-0.15, -0.1) is 0 Å². The Morgan fingerprint density at radius 3 is 2.23 bits per heavy atom. The molecule has 1 aliphatic carbocycles. The fourth-order valence-corrected chi connectivity index (χ4v) is 4.74. The van der Waals surface area contributed by atoms with Crippen molar-refractivity contribution in [2.24, 2.45) is 5.92 Å². The third kappa shape index (κ3) is 5.48. The maximum Gasteiger partial charge on any atom is 0.407 e. The van der Waals surface area contributed by atoms with Crippen LogP contribution in [0.4, 0.5) is 10.5 Å². The predicted octanol–water partition coefficient (Wildman–Crippen LogP) is 5.49. The number of benzene rings is 3. The van der Waals surface area contributed by atoms with Gasteiger partial charge in [0.25, 0.3) is 0 Å². The van der Waals surface area contributed by atoms with Gasteiger partial charge in [0.15, 0.2) is 0 Å². The number of halogens is 1.